The number of hydrogen-bond donors (Lipinski definition) is 2. The number of likely N-dealkylation sites (tertiary alicyclic amines) is 1. The molecule has 8 heteroatoms. The van der Waals surface area contributed by atoms with E-state index in [4.69, 9.17) is 43.8 Å². The number of halogens is 2. The zero-order chi connectivity index (χ0) is 28.1. The van der Waals surface area contributed by atoms with Crippen LogP contribution in [0.15, 0.2) is 60.3 Å². The van der Waals surface area contributed by atoms with Gasteiger partial charge in [-0.2, -0.15) is 0 Å². The van der Waals surface area contributed by atoms with Crippen molar-refractivity contribution in [2.75, 3.05) is 26.2 Å². The highest BCUT2D eigenvalue weighted by Crippen LogP contribution is 2.38. The second-order valence-corrected chi connectivity index (χ2v) is 11.4. The van der Waals surface area contributed by atoms with Gasteiger partial charge in [-0.05, 0) is 104 Å². The minimum absolute atomic E-state index is 0.230. The predicted octanol–water partition coefficient (Wildman–Crippen LogP) is 6.20. The number of nitrogens with zero attached hydrogens (tertiary/aromatic N) is 2. The molecule has 0 saturated carbocycles. The first kappa shape index (κ1) is 28.6. The van der Waals surface area contributed by atoms with Gasteiger partial charge in [0, 0.05) is 29.9 Å². The summed E-state index contributed by atoms with van der Waals surface area (Å²) in [5.74, 6) is -0.414. The number of piperidine rings is 1. The monoisotopic (exact) mass is 579 g/mol. The molecule has 6 nitrogen and oxygen atoms in total. The average Bonchev–Trinajstić information content (AvgIpc) is 3.11. The maximum absolute atomic E-state index is 11.0. The molecule has 2 aliphatic rings. The van der Waals surface area contributed by atoms with Crippen LogP contribution in [0.1, 0.15) is 53.6 Å². The van der Waals surface area contributed by atoms with E-state index < -0.39 is 12.0 Å². The number of hydrogen-bond acceptors (Lipinski definition) is 5. The summed E-state index contributed by atoms with van der Waals surface area (Å²) >= 11 is 12.7. The lowest BCUT2D eigenvalue weighted by Gasteiger charge is -2.30. The SMILES string of the molecule is NC(Cc1ccc(OCCCCN2CCC(=C3c4ccc(Cl)cc4CCc4cccnc43)CC2)c(Cl)c1)C(=O)O. The standard InChI is InChI=1S/C32H35Cl2N3O3/c33-25-8-9-26-24(20-25)7-6-23-4-3-13-36-31(23)30(26)22-11-15-37(16-12-22)14-1-2-17-40-29-10-5-21(18-27(29)34)19-28(35)32(38)39/h3-5,8-10,13,18,20,28H,1-2,6-7,11-12,14-17,19,35H2,(H,38,39). The Bertz CT molecular complexity index is 1400. The highest BCUT2D eigenvalue weighted by atomic mass is 35.5. The smallest absolute Gasteiger partial charge is 0.320 e. The van der Waals surface area contributed by atoms with Crippen LogP contribution in [-0.4, -0.2) is 53.2 Å². The minimum Gasteiger partial charge on any atom is -0.492 e. The van der Waals surface area contributed by atoms with Crippen LogP contribution in [0.25, 0.3) is 5.57 Å². The topological polar surface area (TPSA) is 88.7 Å². The van der Waals surface area contributed by atoms with Crippen LogP contribution in [0, 0.1) is 0 Å². The summed E-state index contributed by atoms with van der Waals surface area (Å²) in [7, 11) is 0. The molecule has 0 spiro atoms. The van der Waals surface area contributed by atoms with Gasteiger partial charge >= 0.3 is 5.97 Å². The van der Waals surface area contributed by atoms with E-state index in [0.29, 0.717) is 17.4 Å². The summed E-state index contributed by atoms with van der Waals surface area (Å²) in [4.78, 5) is 18.4. The fraction of sp³-hybridized carbons (Fsp3) is 0.375. The zero-order valence-corrected chi connectivity index (χ0v) is 24.1. The van der Waals surface area contributed by atoms with Crippen molar-refractivity contribution in [1.82, 2.24) is 9.88 Å². The third-order valence-electron chi connectivity index (χ3n) is 7.84. The summed E-state index contributed by atoms with van der Waals surface area (Å²) in [5, 5.41) is 10.3. The van der Waals surface area contributed by atoms with Crippen LogP contribution in [0.2, 0.25) is 10.0 Å². The molecule has 1 saturated heterocycles. The van der Waals surface area contributed by atoms with Crippen LogP contribution in [0.5, 0.6) is 5.75 Å². The van der Waals surface area contributed by atoms with Crippen LogP contribution in [0.3, 0.4) is 0 Å². The van der Waals surface area contributed by atoms with Gasteiger partial charge in [-0.15, -0.1) is 0 Å². The van der Waals surface area contributed by atoms with E-state index in [-0.39, 0.29) is 6.42 Å². The Balaban J connectivity index is 1.14. The van der Waals surface area contributed by atoms with Crippen LogP contribution >= 0.6 is 23.2 Å². The highest BCUT2D eigenvalue weighted by molar-refractivity contribution is 6.32. The Morgan fingerprint density at radius 1 is 1.02 bits per heavy atom. The van der Waals surface area contributed by atoms with Gasteiger partial charge in [-0.3, -0.25) is 9.78 Å². The van der Waals surface area contributed by atoms with Crippen molar-refractivity contribution in [3.63, 3.8) is 0 Å². The third-order valence-corrected chi connectivity index (χ3v) is 8.37. The second kappa shape index (κ2) is 13.2. The number of ether oxygens (including phenoxy) is 1. The molecule has 2 aromatic carbocycles. The van der Waals surface area contributed by atoms with E-state index in [0.717, 1.165) is 74.4 Å². The van der Waals surface area contributed by atoms with Gasteiger partial charge in [-0.25, -0.2) is 0 Å². The molecule has 40 heavy (non-hydrogen) atoms. The number of aliphatic carboxylic acids is 1. The lowest BCUT2D eigenvalue weighted by Crippen LogP contribution is -2.32. The molecule has 1 atom stereocenters. The van der Waals surface area contributed by atoms with Gasteiger partial charge in [0.05, 0.1) is 17.3 Å². The summed E-state index contributed by atoms with van der Waals surface area (Å²) < 4.78 is 5.89. The van der Waals surface area contributed by atoms with E-state index in [1.54, 1.807) is 12.1 Å². The number of unbranched alkanes of at least 4 members (excludes halogenated alkanes) is 1. The highest BCUT2D eigenvalue weighted by Gasteiger charge is 2.25. The number of benzene rings is 2. The molecule has 3 N–H and O–H groups in total. The summed E-state index contributed by atoms with van der Waals surface area (Å²) in [6, 6.07) is 15.0. The molecule has 210 valence electrons. The van der Waals surface area contributed by atoms with Crippen LogP contribution in [0.4, 0.5) is 0 Å². The van der Waals surface area contributed by atoms with E-state index >= 15 is 0 Å². The maximum atomic E-state index is 11.0. The lowest BCUT2D eigenvalue weighted by molar-refractivity contribution is -0.138. The van der Waals surface area contributed by atoms with Gasteiger partial charge in [0.2, 0.25) is 0 Å². The molecular weight excluding hydrogens is 545 g/mol. The lowest BCUT2D eigenvalue weighted by atomic mass is 9.88. The Kier molecular flexibility index (Phi) is 9.43. The Labute approximate surface area is 245 Å². The number of rotatable bonds is 9. The van der Waals surface area contributed by atoms with Gasteiger partial charge in [0.15, 0.2) is 0 Å². The van der Waals surface area contributed by atoms with Crippen molar-refractivity contribution in [3.8, 4) is 5.75 Å². The molecule has 0 bridgehead atoms. The van der Waals surface area contributed by atoms with Gasteiger partial charge in [-0.1, -0.05) is 47.0 Å². The molecule has 0 radical (unpaired) electrons. The van der Waals surface area contributed by atoms with E-state index in [1.165, 1.54) is 27.8 Å². The first-order chi connectivity index (χ1) is 19.4. The second-order valence-electron chi connectivity index (χ2n) is 10.6. The van der Waals surface area contributed by atoms with Crippen molar-refractivity contribution in [2.45, 2.75) is 51.0 Å². The van der Waals surface area contributed by atoms with Gasteiger partial charge in [0.25, 0.3) is 0 Å². The number of carbonyl (C=O) groups is 1. The van der Waals surface area contributed by atoms with Crippen LogP contribution in [-0.2, 0) is 24.1 Å². The van der Waals surface area contributed by atoms with Crippen molar-refractivity contribution < 1.29 is 14.6 Å². The largest absolute Gasteiger partial charge is 0.492 e. The number of aryl methyl sites for hydroxylation is 2. The molecule has 1 unspecified atom stereocenters. The zero-order valence-electron chi connectivity index (χ0n) is 22.5. The average molecular weight is 581 g/mol. The fourth-order valence-electron chi connectivity index (χ4n) is 5.68. The predicted molar refractivity (Wildman–Crippen MR) is 160 cm³/mol. The Morgan fingerprint density at radius 3 is 2.60 bits per heavy atom. The van der Waals surface area contributed by atoms with Gasteiger partial charge in [0.1, 0.15) is 11.8 Å². The first-order valence-electron chi connectivity index (χ1n) is 14.0. The number of fused-ring (bicyclic) bond motifs is 2. The third kappa shape index (κ3) is 6.87. The number of nitrogens with two attached hydrogens (primary N) is 1. The Hall–Kier alpha value is -2.90. The number of carboxylic acid groups (broad SMARTS) is 1. The summed E-state index contributed by atoms with van der Waals surface area (Å²) in [6.07, 6.45) is 8.15. The number of aromatic nitrogens is 1. The van der Waals surface area contributed by atoms with Crippen molar-refractivity contribution in [1.29, 1.82) is 0 Å². The summed E-state index contributed by atoms with van der Waals surface area (Å²) in [6.45, 7) is 3.69. The van der Waals surface area contributed by atoms with Crippen LogP contribution < -0.4 is 10.5 Å². The normalized spacial score (nSPS) is 16.2. The molecule has 1 aromatic heterocycles. The van der Waals surface area contributed by atoms with E-state index in [1.807, 2.05) is 24.4 Å². The maximum Gasteiger partial charge on any atom is 0.320 e. The molecule has 2 heterocycles. The molecule has 3 aromatic rings. The molecule has 1 aliphatic heterocycles. The van der Waals surface area contributed by atoms with Crippen molar-refractivity contribution in [3.05, 3.63) is 98.3 Å². The quantitative estimate of drug-likeness (QED) is 0.293. The number of carboxylic acids is 1. The molecule has 5 rings (SSSR count). The summed E-state index contributed by atoms with van der Waals surface area (Å²) in [5.41, 5.74) is 14.3. The van der Waals surface area contributed by atoms with E-state index in [9.17, 15) is 4.79 Å². The molecule has 1 fully saturated rings. The van der Waals surface area contributed by atoms with Crippen molar-refractivity contribution >= 4 is 34.7 Å². The number of pyridine rings is 1. The van der Waals surface area contributed by atoms with E-state index in [2.05, 4.69) is 23.1 Å². The van der Waals surface area contributed by atoms with Gasteiger partial charge < -0.3 is 20.5 Å². The molecule has 1 aliphatic carbocycles. The molecular formula is C32H35Cl2N3O3. The fourth-order valence-corrected chi connectivity index (χ4v) is 6.13. The first-order valence-corrected chi connectivity index (χ1v) is 14.7. The Morgan fingerprint density at radius 2 is 1.82 bits per heavy atom. The van der Waals surface area contributed by atoms with Crippen molar-refractivity contribution in [2.24, 2.45) is 5.73 Å². The molecule has 0 amide bonds. The minimum atomic E-state index is -1.03.